The summed E-state index contributed by atoms with van der Waals surface area (Å²) in [4.78, 5) is 29.8. The number of benzene rings is 1. The van der Waals surface area contributed by atoms with Crippen molar-refractivity contribution in [3.8, 4) is 0 Å². The predicted octanol–water partition coefficient (Wildman–Crippen LogP) is 4.85. The van der Waals surface area contributed by atoms with Crippen LogP contribution in [0.2, 0.25) is 0 Å². The summed E-state index contributed by atoms with van der Waals surface area (Å²) in [5, 5.41) is 1.88. The number of likely N-dealkylation sites (tertiary alicyclic amines) is 1. The van der Waals surface area contributed by atoms with E-state index in [1.165, 1.54) is 17.4 Å². The minimum atomic E-state index is -4.42. The molecule has 8 heteroatoms. The topological polar surface area (TPSA) is 40.6 Å². The van der Waals surface area contributed by atoms with Crippen molar-refractivity contribution in [2.45, 2.75) is 44.8 Å². The van der Waals surface area contributed by atoms with E-state index in [4.69, 9.17) is 0 Å². The van der Waals surface area contributed by atoms with Gasteiger partial charge in [0.25, 0.3) is 5.91 Å². The molecule has 3 rings (SSSR count). The monoisotopic (exact) mass is 438 g/mol. The van der Waals surface area contributed by atoms with Gasteiger partial charge in [0.1, 0.15) is 0 Å². The zero-order valence-corrected chi connectivity index (χ0v) is 17.6. The number of nitrogens with zero attached hydrogens (tertiary/aromatic N) is 2. The molecule has 0 N–H and O–H groups in total. The molecule has 0 bridgehead atoms. The normalized spacial score (nSPS) is 15.3. The SMILES string of the molecule is CCCN(C(=O)c1cccs1)C1CCN(C(=O)Cc2cccc(C(F)(F)F)c2)CC1. The largest absolute Gasteiger partial charge is 0.416 e. The summed E-state index contributed by atoms with van der Waals surface area (Å²) >= 11 is 1.42. The van der Waals surface area contributed by atoms with Crippen LogP contribution in [0.25, 0.3) is 0 Å². The molecule has 0 radical (unpaired) electrons. The second-order valence-corrected chi connectivity index (χ2v) is 8.41. The van der Waals surface area contributed by atoms with E-state index in [1.54, 1.807) is 11.0 Å². The lowest BCUT2D eigenvalue weighted by Crippen LogP contribution is -2.49. The van der Waals surface area contributed by atoms with E-state index in [0.29, 0.717) is 42.9 Å². The van der Waals surface area contributed by atoms with Crippen LogP contribution in [0.1, 0.15) is 47.0 Å². The van der Waals surface area contributed by atoms with Crippen molar-refractivity contribution >= 4 is 23.2 Å². The van der Waals surface area contributed by atoms with Gasteiger partial charge in [0.15, 0.2) is 0 Å². The van der Waals surface area contributed by atoms with E-state index in [9.17, 15) is 22.8 Å². The number of piperidine rings is 1. The number of rotatable bonds is 6. The van der Waals surface area contributed by atoms with Crippen molar-refractivity contribution in [2.24, 2.45) is 0 Å². The fraction of sp³-hybridized carbons (Fsp3) is 0.455. The van der Waals surface area contributed by atoms with Crippen LogP contribution in [-0.4, -0.2) is 47.3 Å². The quantitative estimate of drug-likeness (QED) is 0.647. The van der Waals surface area contributed by atoms with Crippen molar-refractivity contribution in [1.82, 2.24) is 9.80 Å². The highest BCUT2D eigenvalue weighted by atomic mass is 32.1. The molecule has 1 aromatic heterocycles. The molecule has 0 atom stereocenters. The van der Waals surface area contributed by atoms with Gasteiger partial charge in [-0.2, -0.15) is 13.2 Å². The molecule has 30 heavy (non-hydrogen) atoms. The molecule has 162 valence electrons. The maximum atomic E-state index is 12.9. The summed E-state index contributed by atoms with van der Waals surface area (Å²) in [6.45, 7) is 3.70. The smallest absolute Gasteiger partial charge is 0.342 e. The summed E-state index contributed by atoms with van der Waals surface area (Å²) in [6.07, 6.45) is -2.28. The van der Waals surface area contributed by atoms with Crippen LogP contribution in [0.4, 0.5) is 13.2 Å². The standard InChI is InChI=1S/C22H25F3N2O2S/c1-2-10-27(21(29)19-7-4-13-30-19)18-8-11-26(12-9-18)20(28)15-16-5-3-6-17(14-16)22(23,24)25/h3-7,13-14,18H,2,8-12,15H2,1H3. The van der Waals surface area contributed by atoms with Gasteiger partial charge in [0.2, 0.25) is 5.91 Å². The van der Waals surface area contributed by atoms with E-state index in [2.05, 4.69) is 0 Å². The lowest BCUT2D eigenvalue weighted by Gasteiger charge is -2.38. The Labute approximate surface area is 178 Å². The van der Waals surface area contributed by atoms with Gasteiger partial charge in [-0.25, -0.2) is 0 Å². The summed E-state index contributed by atoms with van der Waals surface area (Å²) in [5.41, 5.74) is -0.383. The second kappa shape index (κ2) is 9.64. The predicted molar refractivity (Wildman–Crippen MR) is 110 cm³/mol. The molecule has 1 aliphatic rings. The van der Waals surface area contributed by atoms with Gasteiger partial charge in [-0.15, -0.1) is 11.3 Å². The van der Waals surface area contributed by atoms with E-state index in [-0.39, 0.29) is 24.3 Å². The van der Waals surface area contributed by atoms with Crippen molar-refractivity contribution in [3.05, 3.63) is 57.8 Å². The molecule has 0 spiro atoms. The first-order valence-electron chi connectivity index (χ1n) is 10.1. The molecular formula is C22H25F3N2O2S. The van der Waals surface area contributed by atoms with Crippen LogP contribution < -0.4 is 0 Å². The van der Waals surface area contributed by atoms with Gasteiger partial charge < -0.3 is 9.80 Å². The van der Waals surface area contributed by atoms with Crippen LogP contribution in [0, 0.1) is 0 Å². The first kappa shape index (κ1) is 22.3. The number of alkyl halides is 3. The minimum Gasteiger partial charge on any atom is -0.342 e. The Balaban J connectivity index is 1.59. The van der Waals surface area contributed by atoms with E-state index in [0.717, 1.165) is 18.6 Å². The number of amides is 2. The lowest BCUT2D eigenvalue weighted by atomic mass is 10.0. The number of carbonyl (C=O) groups excluding carboxylic acids is 2. The Kier molecular flexibility index (Phi) is 7.18. The van der Waals surface area contributed by atoms with Crippen LogP contribution in [0.15, 0.2) is 41.8 Å². The first-order valence-corrected chi connectivity index (χ1v) is 11.0. The van der Waals surface area contributed by atoms with Crippen molar-refractivity contribution in [1.29, 1.82) is 0 Å². The van der Waals surface area contributed by atoms with Crippen molar-refractivity contribution in [3.63, 3.8) is 0 Å². The third kappa shape index (κ3) is 5.41. The zero-order valence-electron chi connectivity index (χ0n) is 16.8. The molecule has 1 saturated heterocycles. The summed E-state index contributed by atoms with van der Waals surface area (Å²) in [6, 6.07) is 8.66. The van der Waals surface area contributed by atoms with Crippen molar-refractivity contribution < 1.29 is 22.8 Å². The molecule has 1 aliphatic heterocycles. The highest BCUT2D eigenvalue weighted by Crippen LogP contribution is 2.30. The molecule has 1 aromatic carbocycles. The van der Waals surface area contributed by atoms with Gasteiger partial charge in [0.05, 0.1) is 16.9 Å². The highest BCUT2D eigenvalue weighted by molar-refractivity contribution is 7.12. The lowest BCUT2D eigenvalue weighted by molar-refractivity contribution is -0.138. The Morgan fingerprint density at radius 2 is 1.90 bits per heavy atom. The molecule has 2 heterocycles. The number of thiophene rings is 1. The Bertz CT molecular complexity index is 860. The van der Waals surface area contributed by atoms with Gasteiger partial charge in [-0.05, 0) is 42.3 Å². The van der Waals surface area contributed by atoms with Crippen LogP contribution in [-0.2, 0) is 17.4 Å². The minimum absolute atomic E-state index is 0.0283. The number of halogens is 3. The van der Waals surface area contributed by atoms with Gasteiger partial charge >= 0.3 is 6.18 Å². The molecule has 1 fully saturated rings. The summed E-state index contributed by atoms with van der Waals surface area (Å²) in [5.74, 6) is -0.153. The molecule has 2 aromatic rings. The van der Waals surface area contributed by atoms with Crippen LogP contribution in [0.3, 0.4) is 0 Å². The van der Waals surface area contributed by atoms with Crippen molar-refractivity contribution in [2.75, 3.05) is 19.6 Å². The Morgan fingerprint density at radius 1 is 1.17 bits per heavy atom. The molecule has 0 saturated carbocycles. The fourth-order valence-electron chi connectivity index (χ4n) is 3.80. The zero-order chi connectivity index (χ0) is 21.7. The second-order valence-electron chi connectivity index (χ2n) is 7.46. The third-order valence-corrected chi connectivity index (χ3v) is 6.18. The first-order chi connectivity index (χ1) is 14.3. The van der Waals surface area contributed by atoms with Gasteiger partial charge in [-0.3, -0.25) is 9.59 Å². The molecular weight excluding hydrogens is 413 g/mol. The summed E-state index contributed by atoms with van der Waals surface area (Å²) < 4.78 is 38.6. The average molecular weight is 439 g/mol. The third-order valence-electron chi connectivity index (χ3n) is 5.32. The summed E-state index contributed by atoms with van der Waals surface area (Å²) in [7, 11) is 0. The fourth-order valence-corrected chi connectivity index (χ4v) is 4.48. The average Bonchev–Trinajstić information content (AvgIpc) is 3.26. The van der Waals surface area contributed by atoms with E-state index in [1.807, 2.05) is 29.3 Å². The van der Waals surface area contributed by atoms with E-state index < -0.39 is 11.7 Å². The number of carbonyl (C=O) groups is 2. The maximum Gasteiger partial charge on any atom is 0.416 e. The molecule has 0 aliphatic carbocycles. The molecule has 0 unspecified atom stereocenters. The number of hydrogen-bond acceptors (Lipinski definition) is 3. The maximum absolute atomic E-state index is 12.9. The highest BCUT2D eigenvalue weighted by Gasteiger charge is 2.32. The van der Waals surface area contributed by atoms with Crippen LogP contribution in [0.5, 0.6) is 0 Å². The van der Waals surface area contributed by atoms with Crippen LogP contribution >= 0.6 is 11.3 Å². The van der Waals surface area contributed by atoms with Gasteiger partial charge in [0, 0.05) is 25.7 Å². The number of hydrogen-bond donors (Lipinski definition) is 0. The van der Waals surface area contributed by atoms with Gasteiger partial charge in [-0.1, -0.05) is 31.2 Å². The Hall–Kier alpha value is -2.35. The Morgan fingerprint density at radius 3 is 2.50 bits per heavy atom. The molecule has 4 nitrogen and oxygen atoms in total. The van der Waals surface area contributed by atoms with E-state index >= 15 is 0 Å². The molecule has 2 amide bonds.